The maximum atomic E-state index is 10.5. The monoisotopic (exact) mass is 322 g/mol. The van der Waals surface area contributed by atoms with E-state index < -0.39 is 5.60 Å². The lowest BCUT2D eigenvalue weighted by atomic mass is 10.0. The third-order valence-electron chi connectivity index (χ3n) is 5.87. The quantitative estimate of drug-likeness (QED) is 0.611. The molecule has 0 aromatic heterocycles. The molecule has 3 fully saturated rings. The van der Waals surface area contributed by atoms with E-state index >= 15 is 0 Å². The van der Waals surface area contributed by atoms with E-state index in [1.54, 1.807) is 0 Å². The second kappa shape index (κ2) is 7.84. The predicted molar refractivity (Wildman–Crippen MR) is 94.8 cm³/mol. The van der Waals surface area contributed by atoms with E-state index in [2.05, 4.69) is 20.1 Å². The van der Waals surface area contributed by atoms with Crippen molar-refractivity contribution < 1.29 is 5.11 Å². The summed E-state index contributed by atoms with van der Waals surface area (Å²) in [7, 11) is 1.86. The Hall–Kier alpha value is -0.810. The summed E-state index contributed by atoms with van der Waals surface area (Å²) in [5.41, 5.74) is -0.511. The second-order valence-electron chi connectivity index (χ2n) is 7.79. The van der Waals surface area contributed by atoms with Crippen LogP contribution in [-0.4, -0.2) is 72.8 Å². The molecule has 0 aromatic rings. The van der Waals surface area contributed by atoms with Gasteiger partial charge in [0.05, 0.1) is 5.60 Å². The molecule has 0 radical (unpaired) electrons. The summed E-state index contributed by atoms with van der Waals surface area (Å²) in [6.07, 6.45) is 9.57. The fourth-order valence-corrected chi connectivity index (χ4v) is 4.47. The molecule has 0 amide bonds. The first-order chi connectivity index (χ1) is 11.2. The molecular weight excluding hydrogens is 288 g/mol. The summed E-state index contributed by atoms with van der Waals surface area (Å²) < 4.78 is 0. The van der Waals surface area contributed by atoms with E-state index in [9.17, 15) is 5.11 Å². The van der Waals surface area contributed by atoms with Crippen molar-refractivity contribution in [1.29, 1.82) is 0 Å². The normalized spacial score (nSPS) is 29.2. The molecule has 5 nitrogen and oxygen atoms in total. The van der Waals surface area contributed by atoms with E-state index in [-0.39, 0.29) is 0 Å². The van der Waals surface area contributed by atoms with Gasteiger partial charge in [0.1, 0.15) is 0 Å². The molecule has 2 saturated heterocycles. The molecule has 3 aliphatic rings. The third kappa shape index (κ3) is 4.60. The Labute approximate surface area is 141 Å². The Bertz CT molecular complexity index is 400. The van der Waals surface area contributed by atoms with Gasteiger partial charge >= 0.3 is 0 Å². The minimum atomic E-state index is -0.511. The first kappa shape index (κ1) is 17.0. The molecule has 0 spiro atoms. The zero-order valence-corrected chi connectivity index (χ0v) is 14.8. The lowest BCUT2D eigenvalue weighted by molar-refractivity contribution is 0.0516. The Balaban J connectivity index is 1.44. The number of guanidine groups is 1. The highest BCUT2D eigenvalue weighted by Crippen LogP contribution is 2.28. The summed E-state index contributed by atoms with van der Waals surface area (Å²) in [6.45, 7) is 6.67. The molecule has 2 heterocycles. The molecule has 1 atom stereocenters. The first-order valence-electron chi connectivity index (χ1n) is 9.59. The summed E-state index contributed by atoms with van der Waals surface area (Å²) in [5, 5.41) is 13.9. The molecule has 5 heteroatoms. The highest BCUT2D eigenvalue weighted by Gasteiger charge is 2.32. The van der Waals surface area contributed by atoms with Gasteiger partial charge in [-0.2, -0.15) is 0 Å². The molecule has 1 aliphatic carbocycles. The van der Waals surface area contributed by atoms with Crippen LogP contribution in [0.15, 0.2) is 4.99 Å². The SMILES string of the molecule is CN=C(NCC1(O)CCCC1)N1CCC(CN2CCCCC2)C1. The number of aliphatic hydroxyl groups is 1. The molecule has 132 valence electrons. The molecule has 2 aliphatic heterocycles. The standard InChI is InChI=1S/C18H34N4O/c1-19-17(20-15-18(23)8-3-4-9-18)22-12-7-16(14-22)13-21-10-5-2-6-11-21/h16,23H,2-15H2,1H3,(H,19,20). The Morgan fingerprint density at radius 3 is 2.57 bits per heavy atom. The van der Waals surface area contributed by atoms with Crippen LogP contribution in [-0.2, 0) is 0 Å². The highest BCUT2D eigenvalue weighted by atomic mass is 16.3. The van der Waals surface area contributed by atoms with Gasteiger partial charge in [-0.15, -0.1) is 0 Å². The Morgan fingerprint density at radius 1 is 1.13 bits per heavy atom. The van der Waals surface area contributed by atoms with Gasteiger partial charge in [0.15, 0.2) is 5.96 Å². The predicted octanol–water partition coefficient (Wildman–Crippen LogP) is 1.67. The smallest absolute Gasteiger partial charge is 0.193 e. The fraction of sp³-hybridized carbons (Fsp3) is 0.944. The van der Waals surface area contributed by atoms with Crippen LogP contribution in [0.3, 0.4) is 0 Å². The van der Waals surface area contributed by atoms with Crippen molar-refractivity contribution in [2.24, 2.45) is 10.9 Å². The molecular formula is C18H34N4O. The maximum absolute atomic E-state index is 10.5. The molecule has 0 aromatic carbocycles. The van der Waals surface area contributed by atoms with Crippen molar-refractivity contribution in [3.05, 3.63) is 0 Å². The zero-order chi connectivity index (χ0) is 16.1. The van der Waals surface area contributed by atoms with Crippen LogP contribution >= 0.6 is 0 Å². The summed E-state index contributed by atoms with van der Waals surface area (Å²) in [6, 6.07) is 0. The third-order valence-corrected chi connectivity index (χ3v) is 5.87. The average molecular weight is 322 g/mol. The Kier molecular flexibility index (Phi) is 5.81. The number of piperidine rings is 1. The van der Waals surface area contributed by atoms with Crippen LogP contribution < -0.4 is 5.32 Å². The van der Waals surface area contributed by atoms with Gasteiger partial charge in [0, 0.05) is 33.2 Å². The minimum absolute atomic E-state index is 0.511. The van der Waals surface area contributed by atoms with Gasteiger partial charge in [-0.25, -0.2) is 0 Å². The van der Waals surface area contributed by atoms with E-state index in [1.807, 2.05) is 7.05 Å². The molecule has 23 heavy (non-hydrogen) atoms. The molecule has 1 saturated carbocycles. The van der Waals surface area contributed by atoms with Gasteiger partial charge in [-0.3, -0.25) is 4.99 Å². The van der Waals surface area contributed by atoms with Gasteiger partial charge < -0.3 is 20.2 Å². The molecule has 2 N–H and O–H groups in total. The van der Waals surface area contributed by atoms with Crippen LogP contribution in [0.2, 0.25) is 0 Å². The van der Waals surface area contributed by atoms with Crippen LogP contribution in [0.25, 0.3) is 0 Å². The van der Waals surface area contributed by atoms with Gasteiger partial charge in [0.2, 0.25) is 0 Å². The van der Waals surface area contributed by atoms with E-state index in [0.29, 0.717) is 6.54 Å². The average Bonchev–Trinajstić information content (AvgIpc) is 3.19. The van der Waals surface area contributed by atoms with Gasteiger partial charge in [-0.05, 0) is 51.1 Å². The number of aliphatic imine (C=N–C) groups is 1. The number of nitrogens with one attached hydrogen (secondary N) is 1. The van der Waals surface area contributed by atoms with Crippen molar-refractivity contribution in [2.75, 3.05) is 46.3 Å². The van der Waals surface area contributed by atoms with Crippen molar-refractivity contribution in [3.8, 4) is 0 Å². The molecule has 1 unspecified atom stereocenters. The number of likely N-dealkylation sites (tertiary alicyclic amines) is 2. The van der Waals surface area contributed by atoms with E-state index in [0.717, 1.165) is 50.7 Å². The lowest BCUT2D eigenvalue weighted by Gasteiger charge is -2.30. The largest absolute Gasteiger partial charge is 0.388 e. The Morgan fingerprint density at radius 2 is 1.87 bits per heavy atom. The van der Waals surface area contributed by atoms with Crippen molar-refractivity contribution in [3.63, 3.8) is 0 Å². The summed E-state index contributed by atoms with van der Waals surface area (Å²) in [5.74, 6) is 1.74. The second-order valence-corrected chi connectivity index (χ2v) is 7.79. The number of nitrogens with zero attached hydrogens (tertiary/aromatic N) is 3. The van der Waals surface area contributed by atoms with Crippen LogP contribution in [0.4, 0.5) is 0 Å². The van der Waals surface area contributed by atoms with Crippen molar-refractivity contribution >= 4 is 5.96 Å². The van der Waals surface area contributed by atoms with E-state index in [4.69, 9.17) is 0 Å². The highest BCUT2D eigenvalue weighted by molar-refractivity contribution is 5.80. The topological polar surface area (TPSA) is 51.1 Å². The van der Waals surface area contributed by atoms with Crippen LogP contribution in [0.1, 0.15) is 51.4 Å². The van der Waals surface area contributed by atoms with Gasteiger partial charge in [0.25, 0.3) is 0 Å². The maximum Gasteiger partial charge on any atom is 0.193 e. The van der Waals surface area contributed by atoms with Crippen LogP contribution in [0, 0.1) is 5.92 Å². The number of hydrogen-bond acceptors (Lipinski definition) is 3. The zero-order valence-electron chi connectivity index (χ0n) is 14.8. The molecule has 0 bridgehead atoms. The minimum Gasteiger partial charge on any atom is -0.388 e. The fourth-order valence-electron chi connectivity index (χ4n) is 4.47. The summed E-state index contributed by atoms with van der Waals surface area (Å²) in [4.78, 5) is 9.48. The van der Waals surface area contributed by atoms with E-state index in [1.165, 1.54) is 45.3 Å². The summed E-state index contributed by atoms with van der Waals surface area (Å²) >= 11 is 0. The van der Waals surface area contributed by atoms with Crippen molar-refractivity contribution in [1.82, 2.24) is 15.1 Å². The number of hydrogen-bond donors (Lipinski definition) is 2. The first-order valence-corrected chi connectivity index (χ1v) is 9.59. The van der Waals surface area contributed by atoms with Crippen molar-refractivity contribution in [2.45, 2.75) is 57.0 Å². The molecule has 3 rings (SSSR count). The lowest BCUT2D eigenvalue weighted by Crippen LogP contribution is -2.47. The van der Waals surface area contributed by atoms with Gasteiger partial charge in [-0.1, -0.05) is 19.3 Å². The number of rotatable bonds is 4. The van der Waals surface area contributed by atoms with Crippen LogP contribution in [0.5, 0.6) is 0 Å².